The summed E-state index contributed by atoms with van der Waals surface area (Å²) in [4.78, 5) is 16.0. The van der Waals surface area contributed by atoms with Crippen LogP contribution in [0.25, 0.3) is 0 Å². The number of carboxylic acid groups (broad SMARTS) is 1. The Labute approximate surface area is 132 Å². The van der Waals surface area contributed by atoms with E-state index in [9.17, 15) is 9.90 Å². The molecule has 2 rings (SSSR count). The molecule has 1 atom stereocenters. The minimum absolute atomic E-state index is 0.188. The zero-order valence-electron chi connectivity index (χ0n) is 11.3. The molecule has 1 heterocycles. The number of thioether (sulfide) groups is 1. The van der Waals surface area contributed by atoms with Crippen LogP contribution in [0.5, 0.6) is 0 Å². The first-order chi connectivity index (χ1) is 10.0. The minimum atomic E-state index is -1.02. The third-order valence-electron chi connectivity index (χ3n) is 2.94. The van der Waals surface area contributed by atoms with Gasteiger partial charge in [0.25, 0.3) is 0 Å². The summed E-state index contributed by atoms with van der Waals surface area (Å²) in [7, 11) is 0. The molecule has 1 aliphatic heterocycles. The van der Waals surface area contributed by atoms with Gasteiger partial charge in [0.1, 0.15) is 6.04 Å². The molecule has 1 aliphatic rings. The van der Waals surface area contributed by atoms with Crippen LogP contribution in [-0.2, 0) is 4.79 Å². The van der Waals surface area contributed by atoms with Gasteiger partial charge in [-0.15, -0.1) is 6.42 Å². The van der Waals surface area contributed by atoms with E-state index in [1.807, 2.05) is 6.07 Å². The van der Waals surface area contributed by atoms with Crippen LogP contribution >= 0.6 is 23.4 Å². The van der Waals surface area contributed by atoms with E-state index in [2.05, 4.69) is 16.2 Å². The van der Waals surface area contributed by atoms with E-state index in [0.29, 0.717) is 27.2 Å². The summed E-state index contributed by atoms with van der Waals surface area (Å²) >= 11 is 7.53. The number of halogens is 1. The highest BCUT2D eigenvalue weighted by atomic mass is 35.5. The monoisotopic (exact) mass is 320 g/mol. The molecule has 0 saturated heterocycles. The van der Waals surface area contributed by atoms with Crippen molar-refractivity contribution in [1.29, 1.82) is 0 Å². The summed E-state index contributed by atoms with van der Waals surface area (Å²) in [5.41, 5.74) is 1.39. The number of terminal acetylenes is 1. The summed E-state index contributed by atoms with van der Waals surface area (Å²) in [6.07, 6.45) is 5.24. The van der Waals surface area contributed by atoms with Gasteiger partial charge in [-0.25, -0.2) is 9.79 Å². The number of nitrogens with zero attached hydrogens (tertiary/aromatic N) is 1. The van der Waals surface area contributed by atoms with E-state index in [1.165, 1.54) is 11.8 Å². The van der Waals surface area contributed by atoms with Crippen LogP contribution in [0.1, 0.15) is 18.5 Å². The molecule has 6 heteroatoms. The van der Waals surface area contributed by atoms with E-state index in [-0.39, 0.29) is 5.57 Å². The first kappa shape index (κ1) is 15.5. The molecular formula is C15H13ClN2O2S. The predicted octanol–water partition coefficient (Wildman–Crippen LogP) is 3.07. The standard InChI is InChI=1S/C15H13ClN2O2S/c1-3-8-21-15-17-9(2)12(14(19)20)13(18-15)10-6-4-5-7-11(10)16/h1,4-7,13H,8H2,2H3,(H,17,18)(H,19,20). The highest BCUT2D eigenvalue weighted by Crippen LogP contribution is 2.35. The smallest absolute Gasteiger partial charge is 0.335 e. The number of benzene rings is 1. The molecule has 0 amide bonds. The molecule has 0 bridgehead atoms. The molecule has 1 unspecified atom stereocenters. The molecule has 4 nitrogen and oxygen atoms in total. The average Bonchev–Trinajstić information content (AvgIpc) is 2.44. The lowest BCUT2D eigenvalue weighted by Gasteiger charge is -2.25. The number of hydrogen-bond acceptors (Lipinski definition) is 4. The summed E-state index contributed by atoms with van der Waals surface area (Å²) in [6, 6.07) is 6.46. The van der Waals surface area contributed by atoms with Crippen molar-refractivity contribution in [2.45, 2.75) is 13.0 Å². The molecular weight excluding hydrogens is 308 g/mol. The quantitative estimate of drug-likeness (QED) is 0.840. The van der Waals surface area contributed by atoms with Gasteiger partial charge in [0.2, 0.25) is 0 Å². The van der Waals surface area contributed by atoms with Crippen molar-refractivity contribution in [3.63, 3.8) is 0 Å². The number of carbonyl (C=O) groups is 1. The number of allylic oxidation sites excluding steroid dienone is 1. The molecule has 2 N–H and O–H groups in total. The van der Waals surface area contributed by atoms with Crippen molar-refractivity contribution in [1.82, 2.24) is 5.32 Å². The fraction of sp³-hybridized carbons (Fsp3) is 0.200. The van der Waals surface area contributed by atoms with Gasteiger partial charge in [0, 0.05) is 16.3 Å². The van der Waals surface area contributed by atoms with Gasteiger partial charge in [-0.2, -0.15) is 0 Å². The lowest BCUT2D eigenvalue weighted by molar-refractivity contribution is -0.133. The van der Waals surface area contributed by atoms with Crippen molar-refractivity contribution >= 4 is 34.5 Å². The van der Waals surface area contributed by atoms with Crippen LogP contribution < -0.4 is 5.32 Å². The summed E-state index contributed by atoms with van der Waals surface area (Å²) in [6.45, 7) is 1.71. The fourth-order valence-corrected chi connectivity index (χ4v) is 2.89. The largest absolute Gasteiger partial charge is 0.478 e. The van der Waals surface area contributed by atoms with Crippen LogP contribution in [0, 0.1) is 12.3 Å². The van der Waals surface area contributed by atoms with E-state index in [1.54, 1.807) is 25.1 Å². The average molecular weight is 321 g/mol. The number of aliphatic carboxylic acids is 1. The van der Waals surface area contributed by atoms with Crippen molar-refractivity contribution < 1.29 is 9.90 Å². The maximum Gasteiger partial charge on any atom is 0.335 e. The van der Waals surface area contributed by atoms with Gasteiger partial charge in [-0.05, 0) is 13.0 Å². The van der Waals surface area contributed by atoms with Crippen molar-refractivity contribution in [3.8, 4) is 12.3 Å². The lowest BCUT2D eigenvalue weighted by Crippen LogP contribution is -2.30. The zero-order valence-corrected chi connectivity index (χ0v) is 12.8. The van der Waals surface area contributed by atoms with Crippen LogP contribution in [0.4, 0.5) is 0 Å². The first-order valence-corrected chi connectivity index (χ1v) is 7.50. The Hall–Kier alpha value is -1.90. The number of amidine groups is 1. The molecule has 0 aromatic heterocycles. The Balaban J connectivity index is 2.47. The molecule has 0 radical (unpaired) electrons. The number of carboxylic acids is 1. The Kier molecular flexibility index (Phi) is 4.94. The van der Waals surface area contributed by atoms with E-state index < -0.39 is 12.0 Å². The van der Waals surface area contributed by atoms with Crippen molar-refractivity contribution in [2.75, 3.05) is 5.75 Å². The molecule has 0 spiro atoms. The summed E-state index contributed by atoms with van der Waals surface area (Å²) < 4.78 is 0. The molecule has 0 fully saturated rings. The van der Waals surface area contributed by atoms with Gasteiger partial charge in [0.15, 0.2) is 5.17 Å². The highest BCUT2D eigenvalue weighted by molar-refractivity contribution is 8.14. The minimum Gasteiger partial charge on any atom is -0.478 e. The Bertz CT molecular complexity index is 676. The Morgan fingerprint density at radius 1 is 1.57 bits per heavy atom. The van der Waals surface area contributed by atoms with Crippen LogP contribution in [-0.4, -0.2) is 22.0 Å². The molecule has 21 heavy (non-hydrogen) atoms. The maximum atomic E-state index is 11.5. The number of aliphatic imine (C=N–C) groups is 1. The second-order valence-corrected chi connectivity index (χ2v) is 5.69. The molecule has 0 aliphatic carbocycles. The molecule has 108 valence electrons. The number of rotatable bonds is 3. The number of nitrogens with one attached hydrogen (secondary N) is 1. The topological polar surface area (TPSA) is 61.7 Å². The van der Waals surface area contributed by atoms with Crippen molar-refractivity contribution in [3.05, 3.63) is 46.1 Å². The summed E-state index contributed by atoms with van der Waals surface area (Å²) in [5.74, 6) is 1.95. The lowest BCUT2D eigenvalue weighted by atomic mass is 9.97. The van der Waals surface area contributed by atoms with E-state index in [0.717, 1.165) is 0 Å². The van der Waals surface area contributed by atoms with Crippen LogP contribution in [0.2, 0.25) is 5.02 Å². The van der Waals surface area contributed by atoms with Crippen LogP contribution in [0.3, 0.4) is 0 Å². The predicted molar refractivity (Wildman–Crippen MR) is 86.4 cm³/mol. The number of hydrogen-bond donors (Lipinski definition) is 2. The normalized spacial score (nSPS) is 17.8. The third kappa shape index (κ3) is 3.41. The van der Waals surface area contributed by atoms with E-state index >= 15 is 0 Å². The molecule has 1 aromatic carbocycles. The maximum absolute atomic E-state index is 11.5. The molecule has 0 saturated carbocycles. The van der Waals surface area contributed by atoms with Gasteiger partial charge >= 0.3 is 5.97 Å². The molecule has 1 aromatic rings. The van der Waals surface area contributed by atoms with Crippen LogP contribution in [0.15, 0.2) is 40.5 Å². The third-order valence-corrected chi connectivity index (χ3v) is 4.08. The van der Waals surface area contributed by atoms with Gasteiger partial charge in [0.05, 0.1) is 11.3 Å². The summed E-state index contributed by atoms with van der Waals surface area (Å²) in [5, 5.41) is 13.5. The van der Waals surface area contributed by atoms with Crippen molar-refractivity contribution in [2.24, 2.45) is 4.99 Å². The Morgan fingerprint density at radius 2 is 2.29 bits per heavy atom. The van der Waals surface area contributed by atoms with Gasteiger partial charge in [-0.3, -0.25) is 0 Å². The second-order valence-electron chi connectivity index (χ2n) is 4.32. The Morgan fingerprint density at radius 3 is 2.90 bits per heavy atom. The zero-order chi connectivity index (χ0) is 15.4. The highest BCUT2D eigenvalue weighted by Gasteiger charge is 2.30. The van der Waals surface area contributed by atoms with Gasteiger partial charge < -0.3 is 10.4 Å². The fourth-order valence-electron chi connectivity index (χ4n) is 2.03. The van der Waals surface area contributed by atoms with E-state index in [4.69, 9.17) is 18.0 Å². The SMILES string of the molecule is C#CCSC1=NC(c2ccccc2Cl)C(C(=O)O)=C(C)N1. The second kappa shape index (κ2) is 6.70. The van der Waals surface area contributed by atoms with Gasteiger partial charge in [-0.1, -0.05) is 47.5 Å². The first-order valence-electron chi connectivity index (χ1n) is 6.14.